The van der Waals surface area contributed by atoms with Gasteiger partial charge in [0, 0.05) is 19.0 Å². The summed E-state index contributed by atoms with van der Waals surface area (Å²) < 4.78 is 5.54. The molecule has 116 valence electrons. The molecule has 0 aromatic heterocycles. The molecule has 0 saturated heterocycles. The minimum atomic E-state index is 0.0261. The normalized spacial score (nSPS) is 15.6. The zero-order valence-electron chi connectivity index (χ0n) is 11.8. The Balaban J connectivity index is 1.67. The molecule has 0 spiro atoms. The summed E-state index contributed by atoms with van der Waals surface area (Å²) in [5, 5.41) is 3.84. The van der Waals surface area contributed by atoms with Crippen molar-refractivity contribution in [2.24, 2.45) is 11.7 Å². The summed E-state index contributed by atoms with van der Waals surface area (Å²) in [6.45, 7) is 0.926. The van der Waals surface area contributed by atoms with E-state index < -0.39 is 0 Å². The second kappa shape index (κ2) is 7.87. The van der Waals surface area contributed by atoms with Gasteiger partial charge in [-0.15, -0.1) is 0 Å². The van der Waals surface area contributed by atoms with Crippen molar-refractivity contribution in [3.8, 4) is 5.75 Å². The van der Waals surface area contributed by atoms with E-state index in [4.69, 9.17) is 33.7 Å². The smallest absolute Gasteiger partial charge is 0.220 e. The maximum atomic E-state index is 11.8. The van der Waals surface area contributed by atoms with Crippen molar-refractivity contribution < 1.29 is 9.53 Å². The van der Waals surface area contributed by atoms with E-state index in [1.54, 1.807) is 18.2 Å². The average Bonchev–Trinajstić information content (AvgIpc) is 3.30. The molecule has 1 aliphatic carbocycles. The van der Waals surface area contributed by atoms with Crippen LogP contribution in [-0.2, 0) is 4.79 Å². The van der Waals surface area contributed by atoms with Gasteiger partial charge in [-0.2, -0.15) is 0 Å². The molecule has 1 aliphatic rings. The molecule has 6 heteroatoms. The number of benzene rings is 1. The lowest BCUT2D eigenvalue weighted by atomic mass is 10.2. The van der Waals surface area contributed by atoms with Gasteiger partial charge in [-0.05, 0) is 37.3 Å². The van der Waals surface area contributed by atoms with Crippen molar-refractivity contribution in [1.29, 1.82) is 0 Å². The highest BCUT2D eigenvalue weighted by Gasteiger charge is 2.30. The van der Waals surface area contributed by atoms with E-state index in [9.17, 15) is 4.79 Å². The Hall–Kier alpha value is -0.970. The van der Waals surface area contributed by atoms with Crippen molar-refractivity contribution in [3.63, 3.8) is 0 Å². The van der Waals surface area contributed by atoms with Crippen LogP contribution in [0.5, 0.6) is 5.75 Å². The molecule has 1 amide bonds. The zero-order chi connectivity index (χ0) is 15.2. The fraction of sp³-hybridized carbons (Fsp3) is 0.533. The highest BCUT2D eigenvalue weighted by molar-refractivity contribution is 6.42. The topological polar surface area (TPSA) is 64.3 Å². The van der Waals surface area contributed by atoms with Crippen LogP contribution in [0, 0.1) is 5.92 Å². The van der Waals surface area contributed by atoms with Crippen LogP contribution in [0.25, 0.3) is 0 Å². The average molecular weight is 331 g/mol. The van der Waals surface area contributed by atoms with Crippen molar-refractivity contribution in [1.82, 2.24) is 5.32 Å². The number of rotatable bonds is 8. The van der Waals surface area contributed by atoms with Crippen molar-refractivity contribution in [2.75, 3.05) is 13.2 Å². The van der Waals surface area contributed by atoms with Gasteiger partial charge in [-0.3, -0.25) is 4.79 Å². The van der Waals surface area contributed by atoms with Gasteiger partial charge in [0.2, 0.25) is 5.91 Å². The molecule has 1 atom stereocenters. The molecule has 1 unspecified atom stereocenters. The first-order valence-corrected chi connectivity index (χ1v) is 7.93. The van der Waals surface area contributed by atoms with Gasteiger partial charge in [0.15, 0.2) is 0 Å². The predicted octanol–water partition coefficient (Wildman–Crippen LogP) is 3.01. The maximum Gasteiger partial charge on any atom is 0.220 e. The minimum absolute atomic E-state index is 0.0261. The molecule has 3 N–H and O–H groups in total. The van der Waals surface area contributed by atoms with E-state index in [2.05, 4.69) is 5.32 Å². The summed E-state index contributed by atoms with van der Waals surface area (Å²) in [7, 11) is 0. The van der Waals surface area contributed by atoms with Crippen LogP contribution in [0.3, 0.4) is 0 Å². The van der Waals surface area contributed by atoms with Crippen LogP contribution in [0.15, 0.2) is 18.2 Å². The Bertz CT molecular complexity index is 493. The molecule has 0 aliphatic heterocycles. The summed E-state index contributed by atoms with van der Waals surface area (Å²) in [4.78, 5) is 11.8. The summed E-state index contributed by atoms with van der Waals surface area (Å²) in [6, 6.07) is 5.36. The molecular formula is C15H20Cl2N2O2. The number of hydrogen-bond acceptors (Lipinski definition) is 3. The maximum absolute atomic E-state index is 11.8. The zero-order valence-corrected chi connectivity index (χ0v) is 13.3. The Morgan fingerprint density at radius 1 is 1.43 bits per heavy atom. The van der Waals surface area contributed by atoms with E-state index >= 15 is 0 Å². The van der Waals surface area contributed by atoms with E-state index in [0.717, 1.165) is 0 Å². The van der Waals surface area contributed by atoms with Gasteiger partial charge in [0.05, 0.1) is 11.6 Å². The monoisotopic (exact) mass is 330 g/mol. The lowest BCUT2D eigenvalue weighted by molar-refractivity contribution is -0.122. The van der Waals surface area contributed by atoms with Crippen LogP contribution in [0.1, 0.15) is 25.7 Å². The highest BCUT2D eigenvalue weighted by atomic mass is 35.5. The lowest BCUT2D eigenvalue weighted by Gasteiger charge is -2.16. The Morgan fingerprint density at radius 3 is 2.86 bits per heavy atom. The largest absolute Gasteiger partial charge is 0.492 e. The first-order chi connectivity index (χ1) is 10.1. The number of nitrogens with two attached hydrogens (primary N) is 1. The van der Waals surface area contributed by atoms with Gasteiger partial charge >= 0.3 is 0 Å². The molecule has 1 saturated carbocycles. The fourth-order valence-corrected chi connectivity index (χ4v) is 2.50. The predicted molar refractivity (Wildman–Crippen MR) is 84.9 cm³/mol. The third-order valence-corrected chi connectivity index (χ3v) is 4.31. The van der Waals surface area contributed by atoms with Crippen LogP contribution in [-0.4, -0.2) is 25.1 Å². The van der Waals surface area contributed by atoms with Gasteiger partial charge < -0.3 is 15.8 Å². The molecule has 1 fully saturated rings. The Morgan fingerprint density at radius 2 is 2.19 bits per heavy atom. The molecule has 0 radical (unpaired) electrons. The summed E-state index contributed by atoms with van der Waals surface area (Å²) >= 11 is 11.9. The fourth-order valence-electron chi connectivity index (χ4n) is 2.16. The van der Waals surface area contributed by atoms with Crippen LogP contribution in [0.4, 0.5) is 0 Å². The second-order valence-corrected chi connectivity index (χ2v) is 6.04. The van der Waals surface area contributed by atoms with E-state index in [0.29, 0.717) is 47.7 Å². The molecule has 2 rings (SSSR count). The number of hydrogen-bond donors (Lipinski definition) is 2. The van der Waals surface area contributed by atoms with Crippen LogP contribution < -0.4 is 15.8 Å². The van der Waals surface area contributed by atoms with Crippen LogP contribution >= 0.6 is 23.2 Å². The molecule has 0 bridgehead atoms. The summed E-state index contributed by atoms with van der Waals surface area (Å²) in [5.74, 6) is 1.14. The van der Waals surface area contributed by atoms with E-state index in [-0.39, 0.29) is 11.9 Å². The van der Waals surface area contributed by atoms with Gasteiger partial charge in [-0.1, -0.05) is 29.3 Å². The number of carbonyl (C=O) groups excluding carboxylic acids is 1. The van der Waals surface area contributed by atoms with E-state index in [1.807, 2.05) is 0 Å². The standard InChI is InChI=1S/C15H20Cl2N2O2/c16-11-3-1-4-13(15(11)17)21-8-2-5-14(20)19-12(9-18)10-6-7-10/h1,3-4,10,12H,2,5-9,18H2,(H,19,20). The van der Waals surface area contributed by atoms with E-state index in [1.165, 1.54) is 12.8 Å². The number of carbonyl (C=O) groups is 1. The first-order valence-electron chi connectivity index (χ1n) is 7.18. The summed E-state index contributed by atoms with van der Waals surface area (Å²) in [5.41, 5.74) is 5.66. The third-order valence-electron chi connectivity index (χ3n) is 3.51. The molecule has 4 nitrogen and oxygen atoms in total. The molecule has 21 heavy (non-hydrogen) atoms. The van der Waals surface area contributed by atoms with Gasteiger partial charge in [-0.25, -0.2) is 0 Å². The minimum Gasteiger partial charge on any atom is -0.492 e. The summed E-state index contributed by atoms with van der Waals surface area (Å²) in [6.07, 6.45) is 3.37. The Labute approximate surface area is 134 Å². The van der Waals surface area contributed by atoms with Gasteiger partial charge in [0.1, 0.15) is 10.8 Å². The third kappa shape index (κ3) is 5.06. The highest BCUT2D eigenvalue weighted by Crippen LogP contribution is 2.32. The Kier molecular flexibility index (Phi) is 6.15. The molecule has 0 heterocycles. The SMILES string of the molecule is NCC(NC(=O)CCCOc1cccc(Cl)c1Cl)C1CC1. The lowest BCUT2D eigenvalue weighted by Crippen LogP contribution is -2.41. The number of amides is 1. The molecule has 1 aromatic carbocycles. The molecule has 1 aromatic rings. The number of halogens is 2. The number of nitrogens with one attached hydrogen (secondary N) is 1. The van der Waals surface area contributed by atoms with Crippen molar-refractivity contribution >= 4 is 29.1 Å². The molecular weight excluding hydrogens is 311 g/mol. The number of ether oxygens (including phenoxy) is 1. The van der Waals surface area contributed by atoms with Crippen LogP contribution in [0.2, 0.25) is 10.0 Å². The first kappa shape index (κ1) is 16.4. The quantitative estimate of drug-likeness (QED) is 0.720. The van der Waals surface area contributed by atoms with Gasteiger partial charge in [0.25, 0.3) is 0 Å². The van der Waals surface area contributed by atoms with Crippen molar-refractivity contribution in [3.05, 3.63) is 28.2 Å². The van der Waals surface area contributed by atoms with Crippen molar-refractivity contribution in [2.45, 2.75) is 31.7 Å². The second-order valence-electron chi connectivity index (χ2n) is 5.25.